The molecule has 3 atom stereocenters. The largest absolute Gasteiger partial charge is 0.369 e. The van der Waals surface area contributed by atoms with Crippen LogP contribution in [0.5, 0.6) is 0 Å². The molecule has 1 unspecified atom stereocenters. The lowest BCUT2D eigenvalue weighted by Crippen LogP contribution is -2.40. The Labute approximate surface area is 179 Å². The molecule has 3 rings (SSSR count). The Balaban J connectivity index is 0.00000196. The van der Waals surface area contributed by atoms with E-state index in [1.807, 2.05) is 24.3 Å². The normalized spacial score (nSPS) is 24.7. The first kappa shape index (κ1) is 24.7. The van der Waals surface area contributed by atoms with E-state index in [-0.39, 0.29) is 48.5 Å². The molecule has 158 valence electrons. The maximum atomic E-state index is 12.5. The summed E-state index contributed by atoms with van der Waals surface area (Å²) in [5, 5.41) is 3.03. The zero-order chi connectivity index (χ0) is 18.5. The van der Waals surface area contributed by atoms with Crippen molar-refractivity contribution < 1.29 is 9.59 Å². The van der Waals surface area contributed by atoms with Gasteiger partial charge in [-0.2, -0.15) is 0 Å². The summed E-state index contributed by atoms with van der Waals surface area (Å²) in [5.74, 6) is 0.205. The highest BCUT2D eigenvalue weighted by Gasteiger charge is 2.31. The number of hydrogen-bond acceptors (Lipinski definition) is 4. The molecule has 1 aromatic carbocycles. The van der Waals surface area contributed by atoms with Crippen LogP contribution in [-0.2, 0) is 16.1 Å². The van der Waals surface area contributed by atoms with E-state index < -0.39 is 0 Å². The molecule has 2 aliphatic rings. The lowest BCUT2D eigenvalue weighted by molar-refractivity contribution is -0.123. The van der Waals surface area contributed by atoms with E-state index in [1.165, 1.54) is 5.56 Å². The zero-order valence-electron chi connectivity index (χ0n) is 16.1. The third-order valence-electron chi connectivity index (χ3n) is 5.83. The second-order valence-electron chi connectivity index (χ2n) is 7.70. The van der Waals surface area contributed by atoms with Gasteiger partial charge in [0, 0.05) is 24.7 Å². The molecule has 0 spiro atoms. The Hall–Kier alpha value is -1.34. The number of benzene rings is 1. The van der Waals surface area contributed by atoms with Gasteiger partial charge in [-0.15, -0.1) is 24.8 Å². The number of rotatable bonds is 6. The summed E-state index contributed by atoms with van der Waals surface area (Å²) in [4.78, 5) is 26.1. The first-order valence-electron chi connectivity index (χ1n) is 9.68. The number of nitrogens with one attached hydrogen (secondary N) is 1. The summed E-state index contributed by atoms with van der Waals surface area (Å²) in [7, 11) is 0. The van der Waals surface area contributed by atoms with Crippen molar-refractivity contribution >= 4 is 42.3 Å². The summed E-state index contributed by atoms with van der Waals surface area (Å²) in [6, 6.07) is 7.99. The Bertz CT molecular complexity index is 642. The van der Waals surface area contributed by atoms with Gasteiger partial charge < -0.3 is 16.8 Å². The number of amides is 2. The second-order valence-corrected chi connectivity index (χ2v) is 7.70. The molecule has 0 aromatic heterocycles. The average molecular weight is 431 g/mol. The average Bonchev–Trinajstić information content (AvgIpc) is 3.12. The van der Waals surface area contributed by atoms with Gasteiger partial charge in [0.1, 0.15) is 0 Å². The van der Waals surface area contributed by atoms with E-state index in [9.17, 15) is 9.59 Å². The quantitative estimate of drug-likeness (QED) is 0.644. The fourth-order valence-electron chi connectivity index (χ4n) is 4.28. The highest BCUT2D eigenvalue weighted by Crippen LogP contribution is 2.32. The van der Waals surface area contributed by atoms with Gasteiger partial charge in [0.25, 0.3) is 0 Å². The molecule has 1 saturated carbocycles. The third kappa shape index (κ3) is 6.34. The van der Waals surface area contributed by atoms with Crippen molar-refractivity contribution in [1.29, 1.82) is 0 Å². The lowest BCUT2D eigenvalue weighted by atomic mass is 9.95. The van der Waals surface area contributed by atoms with Crippen molar-refractivity contribution in [3.05, 3.63) is 29.8 Å². The van der Waals surface area contributed by atoms with Gasteiger partial charge in [-0.3, -0.25) is 14.5 Å². The molecule has 2 fully saturated rings. The second kappa shape index (κ2) is 11.6. The van der Waals surface area contributed by atoms with E-state index in [0.29, 0.717) is 12.5 Å². The Kier molecular flexibility index (Phi) is 10.2. The summed E-state index contributed by atoms with van der Waals surface area (Å²) in [5.41, 5.74) is 13.2. The van der Waals surface area contributed by atoms with Crippen LogP contribution in [0.15, 0.2) is 24.3 Å². The van der Waals surface area contributed by atoms with Gasteiger partial charge >= 0.3 is 0 Å². The molecule has 1 aliphatic heterocycles. The summed E-state index contributed by atoms with van der Waals surface area (Å²) < 4.78 is 0. The third-order valence-corrected chi connectivity index (χ3v) is 5.83. The Morgan fingerprint density at radius 3 is 2.43 bits per heavy atom. The molecule has 1 aromatic rings. The zero-order valence-corrected chi connectivity index (χ0v) is 17.8. The van der Waals surface area contributed by atoms with Crippen LogP contribution in [0.2, 0.25) is 0 Å². The molecule has 28 heavy (non-hydrogen) atoms. The van der Waals surface area contributed by atoms with Crippen LogP contribution >= 0.6 is 24.8 Å². The minimum absolute atomic E-state index is 0. The van der Waals surface area contributed by atoms with Crippen LogP contribution in [0, 0.1) is 17.8 Å². The first-order valence-corrected chi connectivity index (χ1v) is 9.68. The molecule has 1 aliphatic carbocycles. The van der Waals surface area contributed by atoms with Gasteiger partial charge in [0.2, 0.25) is 11.8 Å². The number of piperidine rings is 1. The molecule has 0 radical (unpaired) electrons. The summed E-state index contributed by atoms with van der Waals surface area (Å²) in [6.45, 7) is 3.11. The van der Waals surface area contributed by atoms with E-state index in [2.05, 4.69) is 10.2 Å². The minimum atomic E-state index is -0.199. The van der Waals surface area contributed by atoms with Crippen LogP contribution in [0.25, 0.3) is 0 Å². The molecule has 1 heterocycles. The predicted molar refractivity (Wildman–Crippen MR) is 117 cm³/mol. The van der Waals surface area contributed by atoms with E-state index in [4.69, 9.17) is 11.5 Å². The van der Waals surface area contributed by atoms with Crippen molar-refractivity contribution in [2.24, 2.45) is 29.2 Å². The number of likely N-dealkylation sites (tertiary alicyclic amines) is 1. The van der Waals surface area contributed by atoms with Crippen LogP contribution in [0.1, 0.15) is 37.7 Å². The molecular formula is C20H32Cl2N4O2. The number of carbonyl (C=O) groups is 2. The summed E-state index contributed by atoms with van der Waals surface area (Å²) >= 11 is 0. The van der Waals surface area contributed by atoms with Crippen LogP contribution < -0.4 is 16.8 Å². The molecule has 2 amide bonds. The fraction of sp³-hybridized carbons (Fsp3) is 0.600. The van der Waals surface area contributed by atoms with Crippen molar-refractivity contribution in [2.45, 2.75) is 38.6 Å². The van der Waals surface area contributed by atoms with Crippen LogP contribution in [-0.4, -0.2) is 36.3 Å². The predicted octanol–water partition coefficient (Wildman–Crippen LogP) is 2.54. The molecule has 0 bridgehead atoms. The highest BCUT2D eigenvalue weighted by molar-refractivity contribution is 5.93. The standard InChI is InChI=1S/C20H30N4O2.2ClH/c21-11-15-3-1-5-18(15)20(26)23-17-8-6-14(7-9-17)12-24-10-2-4-16(13-24)19(22)25;;/h6-9,15-16,18H,1-5,10-13,21H2,(H2,22,25)(H,23,26);2*1H/t15-,16?,18-;;/m1../s1. The van der Waals surface area contributed by atoms with E-state index >= 15 is 0 Å². The highest BCUT2D eigenvalue weighted by atomic mass is 35.5. The first-order chi connectivity index (χ1) is 12.6. The van der Waals surface area contributed by atoms with E-state index in [1.54, 1.807) is 0 Å². The smallest absolute Gasteiger partial charge is 0.227 e. The van der Waals surface area contributed by atoms with E-state index in [0.717, 1.165) is 57.4 Å². The minimum Gasteiger partial charge on any atom is -0.369 e. The Morgan fingerprint density at radius 1 is 1.07 bits per heavy atom. The fourth-order valence-corrected chi connectivity index (χ4v) is 4.28. The summed E-state index contributed by atoms with van der Waals surface area (Å²) in [6.07, 6.45) is 4.96. The molecule has 6 nitrogen and oxygen atoms in total. The van der Waals surface area contributed by atoms with Crippen molar-refractivity contribution in [1.82, 2.24) is 4.90 Å². The molecule has 8 heteroatoms. The maximum absolute atomic E-state index is 12.5. The SMILES string of the molecule is Cl.Cl.NC[C@H]1CCC[C@H]1C(=O)Nc1ccc(CN2CCCC(C(N)=O)C2)cc1. The number of carbonyl (C=O) groups excluding carboxylic acids is 2. The molecular weight excluding hydrogens is 399 g/mol. The van der Waals surface area contributed by atoms with Crippen molar-refractivity contribution in [3.8, 4) is 0 Å². The number of primary amides is 1. The topological polar surface area (TPSA) is 101 Å². The van der Waals surface area contributed by atoms with Crippen LogP contribution in [0.4, 0.5) is 5.69 Å². The van der Waals surface area contributed by atoms with Gasteiger partial charge in [0.15, 0.2) is 0 Å². The number of anilines is 1. The van der Waals surface area contributed by atoms with Gasteiger partial charge in [0.05, 0.1) is 5.92 Å². The van der Waals surface area contributed by atoms with Gasteiger partial charge in [-0.25, -0.2) is 0 Å². The monoisotopic (exact) mass is 430 g/mol. The van der Waals surface area contributed by atoms with Gasteiger partial charge in [-0.1, -0.05) is 18.6 Å². The maximum Gasteiger partial charge on any atom is 0.227 e. The number of hydrogen-bond donors (Lipinski definition) is 3. The molecule has 5 N–H and O–H groups in total. The number of nitrogens with two attached hydrogens (primary N) is 2. The van der Waals surface area contributed by atoms with Crippen molar-refractivity contribution in [2.75, 3.05) is 25.0 Å². The lowest BCUT2D eigenvalue weighted by Gasteiger charge is -2.31. The van der Waals surface area contributed by atoms with Crippen LogP contribution in [0.3, 0.4) is 0 Å². The van der Waals surface area contributed by atoms with Crippen molar-refractivity contribution in [3.63, 3.8) is 0 Å². The number of halogens is 2. The molecule has 1 saturated heterocycles. The Morgan fingerprint density at radius 2 is 1.79 bits per heavy atom. The van der Waals surface area contributed by atoms with Gasteiger partial charge in [-0.05, 0) is 62.4 Å². The number of nitrogens with zero attached hydrogens (tertiary/aromatic N) is 1.